The minimum absolute atomic E-state index is 0.221. The Morgan fingerprint density at radius 3 is 2.21 bits per heavy atom. The summed E-state index contributed by atoms with van der Waals surface area (Å²) in [6.45, 7) is 0. The SMILES string of the molecule is O=C(Nc1ccc(F)cc1)c1ccccc1NC(=O)[C@H]1CC=CC[C@H]1C(=O)O. The number of hydrogen-bond donors (Lipinski definition) is 3. The van der Waals surface area contributed by atoms with Gasteiger partial charge in [-0.2, -0.15) is 0 Å². The number of allylic oxidation sites excluding steroid dienone is 2. The fraction of sp³-hybridized carbons (Fsp3) is 0.190. The summed E-state index contributed by atoms with van der Waals surface area (Å²) in [7, 11) is 0. The smallest absolute Gasteiger partial charge is 0.307 e. The molecule has 28 heavy (non-hydrogen) atoms. The molecule has 1 aliphatic rings. The number of carboxylic acid groups (broad SMARTS) is 1. The Kier molecular flexibility index (Phi) is 5.84. The molecule has 0 radical (unpaired) electrons. The number of rotatable bonds is 5. The first-order valence-electron chi connectivity index (χ1n) is 8.80. The first kappa shape index (κ1) is 19.3. The average Bonchev–Trinajstić information content (AvgIpc) is 2.70. The van der Waals surface area contributed by atoms with Crippen molar-refractivity contribution < 1.29 is 23.9 Å². The quantitative estimate of drug-likeness (QED) is 0.688. The second kappa shape index (κ2) is 8.47. The summed E-state index contributed by atoms with van der Waals surface area (Å²) in [6, 6.07) is 11.8. The Balaban J connectivity index is 1.77. The molecule has 0 unspecified atom stereocenters. The number of hydrogen-bond acceptors (Lipinski definition) is 3. The zero-order chi connectivity index (χ0) is 20.1. The van der Waals surface area contributed by atoms with E-state index in [4.69, 9.17) is 0 Å². The lowest BCUT2D eigenvalue weighted by atomic mass is 9.82. The third-order valence-corrected chi connectivity index (χ3v) is 4.62. The molecule has 2 aromatic carbocycles. The van der Waals surface area contributed by atoms with Gasteiger partial charge in [0.25, 0.3) is 5.91 Å². The monoisotopic (exact) mass is 382 g/mol. The van der Waals surface area contributed by atoms with Crippen LogP contribution in [-0.4, -0.2) is 22.9 Å². The van der Waals surface area contributed by atoms with E-state index in [1.807, 2.05) is 0 Å². The van der Waals surface area contributed by atoms with E-state index in [2.05, 4.69) is 10.6 Å². The van der Waals surface area contributed by atoms with Gasteiger partial charge in [0.2, 0.25) is 5.91 Å². The van der Waals surface area contributed by atoms with Gasteiger partial charge in [-0.1, -0.05) is 24.3 Å². The third-order valence-electron chi connectivity index (χ3n) is 4.62. The number of anilines is 2. The van der Waals surface area contributed by atoms with Crippen LogP contribution in [0.25, 0.3) is 0 Å². The fourth-order valence-corrected chi connectivity index (χ4v) is 3.12. The highest BCUT2D eigenvalue weighted by Gasteiger charge is 2.34. The standard InChI is InChI=1S/C21H19FN2O4/c22-13-9-11-14(12-10-13)23-20(26)17-7-3-4-8-18(17)24-19(25)15-5-1-2-6-16(15)21(27)28/h1-4,7-12,15-16H,5-6H2,(H,23,26)(H,24,25)(H,27,28)/t15-,16+/m0/s1. The maximum Gasteiger partial charge on any atom is 0.307 e. The minimum atomic E-state index is -1.02. The van der Waals surface area contributed by atoms with Crippen molar-refractivity contribution in [3.05, 3.63) is 72.1 Å². The van der Waals surface area contributed by atoms with Gasteiger partial charge in [0.15, 0.2) is 0 Å². The maximum atomic E-state index is 13.0. The van der Waals surface area contributed by atoms with Gasteiger partial charge in [-0.25, -0.2) is 4.39 Å². The average molecular weight is 382 g/mol. The van der Waals surface area contributed by atoms with Crippen LogP contribution in [0.5, 0.6) is 0 Å². The van der Waals surface area contributed by atoms with Gasteiger partial charge in [-0.05, 0) is 49.2 Å². The van der Waals surface area contributed by atoms with Gasteiger partial charge < -0.3 is 15.7 Å². The second-order valence-electron chi connectivity index (χ2n) is 6.49. The van der Waals surface area contributed by atoms with Gasteiger partial charge in [0, 0.05) is 5.69 Å². The summed E-state index contributed by atoms with van der Waals surface area (Å²) in [5, 5.41) is 14.7. The fourth-order valence-electron chi connectivity index (χ4n) is 3.12. The van der Waals surface area contributed by atoms with E-state index in [0.29, 0.717) is 18.5 Å². The number of carbonyl (C=O) groups is 3. The molecule has 0 aromatic heterocycles. The number of benzene rings is 2. The van der Waals surface area contributed by atoms with Crippen molar-refractivity contribution in [1.29, 1.82) is 0 Å². The molecule has 0 fully saturated rings. The maximum absolute atomic E-state index is 13.0. The molecule has 0 saturated carbocycles. The van der Waals surface area contributed by atoms with Crippen LogP contribution in [0, 0.1) is 17.7 Å². The zero-order valence-corrected chi connectivity index (χ0v) is 14.9. The van der Waals surface area contributed by atoms with Crippen molar-refractivity contribution >= 4 is 29.2 Å². The second-order valence-corrected chi connectivity index (χ2v) is 6.49. The molecule has 2 amide bonds. The van der Waals surface area contributed by atoms with E-state index in [1.165, 1.54) is 24.3 Å². The molecule has 2 aromatic rings. The van der Waals surface area contributed by atoms with Crippen molar-refractivity contribution in [2.24, 2.45) is 11.8 Å². The van der Waals surface area contributed by atoms with Crippen molar-refractivity contribution in [3.63, 3.8) is 0 Å². The van der Waals surface area contributed by atoms with Crippen molar-refractivity contribution in [3.8, 4) is 0 Å². The van der Waals surface area contributed by atoms with Gasteiger partial charge in [0.05, 0.1) is 23.1 Å². The number of nitrogens with one attached hydrogen (secondary N) is 2. The molecule has 3 rings (SSSR count). The number of aliphatic carboxylic acids is 1. The summed E-state index contributed by atoms with van der Waals surface area (Å²) in [4.78, 5) is 36.7. The lowest BCUT2D eigenvalue weighted by molar-refractivity contribution is -0.146. The predicted octanol–water partition coefficient (Wildman–Crippen LogP) is 3.68. The molecule has 7 heteroatoms. The van der Waals surface area contributed by atoms with Crippen molar-refractivity contribution in [2.75, 3.05) is 10.6 Å². The van der Waals surface area contributed by atoms with Crippen LogP contribution in [0.15, 0.2) is 60.7 Å². The van der Waals surface area contributed by atoms with Crippen LogP contribution >= 0.6 is 0 Å². The molecule has 3 N–H and O–H groups in total. The van der Waals surface area contributed by atoms with Gasteiger partial charge in [-0.15, -0.1) is 0 Å². The van der Waals surface area contributed by atoms with Crippen molar-refractivity contribution in [2.45, 2.75) is 12.8 Å². The molecule has 0 heterocycles. The molecule has 1 aliphatic carbocycles. The first-order chi connectivity index (χ1) is 13.5. The zero-order valence-electron chi connectivity index (χ0n) is 14.9. The van der Waals surface area contributed by atoms with E-state index >= 15 is 0 Å². The minimum Gasteiger partial charge on any atom is -0.481 e. The summed E-state index contributed by atoms with van der Waals surface area (Å²) >= 11 is 0. The van der Waals surface area contributed by atoms with E-state index in [-0.39, 0.29) is 11.3 Å². The molecule has 0 aliphatic heterocycles. The molecular weight excluding hydrogens is 363 g/mol. The summed E-state index contributed by atoms with van der Waals surface area (Å²) in [6.07, 6.45) is 4.16. The van der Waals surface area contributed by atoms with Crippen LogP contribution < -0.4 is 10.6 Å². The van der Waals surface area contributed by atoms with Crippen LogP contribution in [0.1, 0.15) is 23.2 Å². The van der Waals surface area contributed by atoms with Gasteiger partial charge >= 0.3 is 5.97 Å². The van der Waals surface area contributed by atoms with Gasteiger partial charge in [-0.3, -0.25) is 14.4 Å². The van der Waals surface area contributed by atoms with Crippen LogP contribution in [0.3, 0.4) is 0 Å². The molecule has 144 valence electrons. The molecule has 0 saturated heterocycles. The van der Waals surface area contributed by atoms with E-state index < -0.39 is 35.4 Å². The summed E-state index contributed by atoms with van der Waals surface area (Å²) < 4.78 is 13.0. The van der Waals surface area contributed by atoms with Crippen molar-refractivity contribution in [1.82, 2.24) is 0 Å². The lowest BCUT2D eigenvalue weighted by Crippen LogP contribution is -2.35. The van der Waals surface area contributed by atoms with E-state index in [1.54, 1.807) is 36.4 Å². The Hall–Kier alpha value is -3.48. The van der Waals surface area contributed by atoms with Crippen LogP contribution in [-0.2, 0) is 9.59 Å². The normalized spacial score (nSPS) is 18.3. The Labute approximate surface area is 161 Å². The summed E-state index contributed by atoms with van der Waals surface area (Å²) in [5.41, 5.74) is 0.917. The van der Waals surface area contributed by atoms with E-state index in [9.17, 15) is 23.9 Å². The largest absolute Gasteiger partial charge is 0.481 e. The number of halogens is 1. The topological polar surface area (TPSA) is 95.5 Å². The molecule has 0 spiro atoms. The highest BCUT2D eigenvalue weighted by molar-refractivity contribution is 6.10. The molecule has 6 nitrogen and oxygen atoms in total. The Morgan fingerprint density at radius 2 is 1.54 bits per heavy atom. The predicted molar refractivity (Wildman–Crippen MR) is 102 cm³/mol. The third kappa shape index (κ3) is 4.43. The van der Waals surface area contributed by atoms with Crippen LogP contribution in [0.2, 0.25) is 0 Å². The van der Waals surface area contributed by atoms with E-state index in [0.717, 1.165) is 0 Å². The first-order valence-corrected chi connectivity index (χ1v) is 8.80. The highest BCUT2D eigenvalue weighted by atomic mass is 19.1. The number of carbonyl (C=O) groups excluding carboxylic acids is 2. The molecule has 2 atom stereocenters. The van der Waals surface area contributed by atoms with Crippen LogP contribution in [0.4, 0.5) is 15.8 Å². The molecule has 0 bridgehead atoms. The number of para-hydroxylation sites is 1. The summed E-state index contributed by atoms with van der Waals surface area (Å²) in [5.74, 6) is -3.87. The number of amides is 2. The Morgan fingerprint density at radius 1 is 0.893 bits per heavy atom. The Bertz CT molecular complexity index is 924. The molecular formula is C21H19FN2O4. The number of carboxylic acids is 1. The lowest BCUT2D eigenvalue weighted by Gasteiger charge is -2.24. The van der Waals surface area contributed by atoms with Gasteiger partial charge in [0.1, 0.15) is 5.82 Å². The highest BCUT2D eigenvalue weighted by Crippen LogP contribution is 2.28.